The summed E-state index contributed by atoms with van der Waals surface area (Å²) in [5, 5.41) is 10.2. The molecule has 0 saturated heterocycles. The predicted molar refractivity (Wildman–Crippen MR) is 74.0 cm³/mol. The first kappa shape index (κ1) is 13.4. The lowest BCUT2D eigenvalue weighted by molar-refractivity contribution is 0.0409. The van der Waals surface area contributed by atoms with Crippen LogP contribution in [0.1, 0.15) is 43.2 Å². The molecule has 1 aromatic carbocycles. The largest absolute Gasteiger partial charge is 0.490 e. The molecule has 0 spiro atoms. The number of hydrogen-bond donors (Lipinski definition) is 1. The summed E-state index contributed by atoms with van der Waals surface area (Å²) in [4.78, 5) is 0. The summed E-state index contributed by atoms with van der Waals surface area (Å²) in [6.45, 7) is 4.53. The molecule has 0 amide bonds. The molecule has 0 aromatic heterocycles. The minimum atomic E-state index is -0.315. The molecule has 0 heterocycles. The Hall–Kier alpha value is -1.02. The van der Waals surface area contributed by atoms with E-state index in [-0.39, 0.29) is 6.10 Å². The van der Waals surface area contributed by atoms with Crippen LogP contribution in [-0.4, -0.2) is 17.8 Å². The Bertz CT molecular complexity index is 360. The minimum Gasteiger partial charge on any atom is -0.490 e. The summed E-state index contributed by atoms with van der Waals surface area (Å²) in [6, 6.07) is 6.14. The number of hydrogen-bond acceptors (Lipinski definition) is 2. The second kappa shape index (κ2) is 6.24. The van der Waals surface area contributed by atoms with Gasteiger partial charge in [0.1, 0.15) is 12.4 Å². The van der Waals surface area contributed by atoms with Gasteiger partial charge in [0.15, 0.2) is 0 Å². The Morgan fingerprint density at radius 1 is 1.17 bits per heavy atom. The molecule has 0 bridgehead atoms. The molecule has 0 radical (unpaired) electrons. The van der Waals surface area contributed by atoms with Gasteiger partial charge >= 0.3 is 0 Å². The predicted octanol–water partition coefficient (Wildman–Crippen LogP) is 3.62. The molecule has 1 atom stereocenters. The molecular weight excluding hydrogens is 224 g/mol. The first-order chi connectivity index (χ1) is 8.68. The third-order valence-corrected chi connectivity index (χ3v) is 4.00. The fraction of sp³-hybridized carbons (Fsp3) is 0.625. The number of benzene rings is 1. The zero-order valence-corrected chi connectivity index (χ0v) is 11.5. The van der Waals surface area contributed by atoms with E-state index in [2.05, 4.69) is 26.0 Å². The lowest BCUT2D eigenvalue weighted by atomic mass is 9.85. The van der Waals surface area contributed by atoms with Crippen molar-refractivity contribution in [2.45, 2.75) is 52.1 Å². The highest BCUT2D eigenvalue weighted by molar-refractivity contribution is 5.39. The van der Waals surface area contributed by atoms with Crippen LogP contribution in [0.5, 0.6) is 5.75 Å². The summed E-state index contributed by atoms with van der Waals surface area (Å²) >= 11 is 0. The molecule has 1 aliphatic carbocycles. The standard InChI is InChI=1S/C16H24O2/c1-12-7-6-8-13(2)16(12)18-11-15(17)14-9-4-3-5-10-14/h6-8,14-15,17H,3-5,9-11H2,1-2H3. The van der Waals surface area contributed by atoms with Crippen molar-refractivity contribution < 1.29 is 9.84 Å². The second-order valence-corrected chi connectivity index (χ2v) is 5.50. The van der Waals surface area contributed by atoms with Crippen LogP contribution in [0, 0.1) is 19.8 Å². The van der Waals surface area contributed by atoms with E-state index in [1.165, 1.54) is 19.3 Å². The van der Waals surface area contributed by atoms with Crippen LogP contribution < -0.4 is 4.74 Å². The van der Waals surface area contributed by atoms with E-state index in [0.29, 0.717) is 12.5 Å². The third kappa shape index (κ3) is 3.26. The van der Waals surface area contributed by atoms with Crippen molar-refractivity contribution in [2.24, 2.45) is 5.92 Å². The molecular formula is C16H24O2. The van der Waals surface area contributed by atoms with Crippen LogP contribution in [-0.2, 0) is 0 Å². The number of ether oxygens (including phenoxy) is 1. The minimum absolute atomic E-state index is 0.315. The summed E-state index contributed by atoms with van der Waals surface area (Å²) in [5.74, 6) is 1.37. The number of aryl methyl sites for hydroxylation is 2. The molecule has 0 aliphatic heterocycles. The molecule has 2 heteroatoms. The molecule has 1 aromatic rings. The van der Waals surface area contributed by atoms with Gasteiger partial charge in [-0.1, -0.05) is 37.5 Å². The molecule has 2 nitrogen and oxygen atoms in total. The van der Waals surface area contributed by atoms with Crippen molar-refractivity contribution in [2.75, 3.05) is 6.61 Å². The molecule has 1 aliphatic rings. The Balaban J connectivity index is 1.90. The van der Waals surface area contributed by atoms with E-state index >= 15 is 0 Å². The Labute approximate surface area is 110 Å². The zero-order valence-electron chi connectivity index (χ0n) is 11.5. The monoisotopic (exact) mass is 248 g/mol. The topological polar surface area (TPSA) is 29.5 Å². The summed E-state index contributed by atoms with van der Waals surface area (Å²) in [5.41, 5.74) is 2.29. The maximum atomic E-state index is 10.2. The maximum absolute atomic E-state index is 10.2. The van der Waals surface area contributed by atoms with Crippen LogP contribution in [0.4, 0.5) is 0 Å². The maximum Gasteiger partial charge on any atom is 0.125 e. The molecule has 1 fully saturated rings. The Morgan fingerprint density at radius 3 is 2.39 bits per heavy atom. The average molecular weight is 248 g/mol. The van der Waals surface area contributed by atoms with Gasteiger partial charge in [-0.15, -0.1) is 0 Å². The van der Waals surface area contributed by atoms with Crippen LogP contribution in [0.3, 0.4) is 0 Å². The highest BCUT2D eigenvalue weighted by Gasteiger charge is 2.22. The van der Waals surface area contributed by atoms with Crippen molar-refractivity contribution in [3.63, 3.8) is 0 Å². The number of rotatable bonds is 4. The van der Waals surface area contributed by atoms with Crippen molar-refractivity contribution in [1.29, 1.82) is 0 Å². The average Bonchev–Trinajstić information content (AvgIpc) is 2.39. The van der Waals surface area contributed by atoms with Gasteiger partial charge in [-0.3, -0.25) is 0 Å². The molecule has 100 valence electrons. The van der Waals surface area contributed by atoms with Crippen LogP contribution in [0.25, 0.3) is 0 Å². The molecule has 1 N–H and O–H groups in total. The normalized spacial score (nSPS) is 18.6. The summed E-state index contributed by atoms with van der Waals surface area (Å²) < 4.78 is 5.83. The first-order valence-electron chi connectivity index (χ1n) is 7.05. The van der Waals surface area contributed by atoms with E-state index in [1.807, 2.05) is 6.07 Å². The van der Waals surface area contributed by atoms with Crippen LogP contribution >= 0.6 is 0 Å². The number of para-hydroxylation sites is 1. The Kier molecular flexibility index (Phi) is 4.65. The van der Waals surface area contributed by atoms with Crippen molar-refractivity contribution in [1.82, 2.24) is 0 Å². The van der Waals surface area contributed by atoms with Gasteiger partial charge in [0.25, 0.3) is 0 Å². The van der Waals surface area contributed by atoms with Gasteiger partial charge in [0, 0.05) is 0 Å². The zero-order chi connectivity index (χ0) is 13.0. The van der Waals surface area contributed by atoms with Gasteiger partial charge in [-0.25, -0.2) is 0 Å². The lowest BCUT2D eigenvalue weighted by Gasteiger charge is -2.27. The van der Waals surface area contributed by atoms with Crippen molar-refractivity contribution >= 4 is 0 Å². The van der Waals surface area contributed by atoms with Gasteiger partial charge in [-0.2, -0.15) is 0 Å². The van der Waals surface area contributed by atoms with E-state index in [0.717, 1.165) is 29.7 Å². The van der Waals surface area contributed by atoms with Gasteiger partial charge in [0.2, 0.25) is 0 Å². The van der Waals surface area contributed by atoms with Gasteiger partial charge in [-0.05, 0) is 43.7 Å². The van der Waals surface area contributed by atoms with Crippen molar-refractivity contribution in [3.8, 4) is 5.75 Å². The Morgan fingerprint density at radius 2 is 1.78 bits per heavy atom. The summed E-state index contributed by atoms with van der Waals surface area (Å²) in [7, 11) is 0. The van der Waals surface area contributed by atoms with E-state index in [9.17, 15) is 5.11 Å². The van der Waals surface area contributed by atoms with Crippen LogP contribution in [0.2, 0.25) is 0 Å². The molecule has 18 heavy (non-hydrogen) atoms. The summed E-state index contributed by atoms with van der Waals surface area (Å²) in [6.07, 6.45) is 5.82. The molecule has 1 saturated carbocycles. The highest BCUT2D eigenvalue weighted by atomic mass is 16.5. The lowest BCUT2D eigenvalue weighted by Crippen LogP contribution is -2.29. The highest BCUT2D eigenvalue weighted by Crippen LogP contribution is 2.28. The quantitative estimate of drug-likeness (QED) is 0.881. The molecule has 1 unspecified atom stereocenters. The first-order valence-corrected chi connectivity index (χ1v) is 7.05. The van der Waals surface area contributed by atoms with Crippen LogP contribution in [0.15, 0.2) is 18.2 Å². The SMILES string of the molecule is Cc1cccc(C)c1OCC(O)C1CCCCC1. The third-order valence-electron chi connectivity index (χ3n) is 4.00. The fourth-order valence-corrected chi connectivity index (χ4v) is 2.85. The van der Waals surface area contributed by atoms with Gasteiger partial charge < -0.3 is 9.84 Å². The van der Waals surface area contributed by atoms with E-state index in [1.54, 1.807) is 0 Å². The van der Waals surface area contributed by atoms with Crippen molar-refractivity contribution in [3.05, 3.63) is 29.3 Å². The van der Waals surface area contributed by atoms with E-state index < -0.39 is 0 Å². The number of aliphatic hydroxyl groups excluding tert-OH is 1. The van der Waals surface area contributed by atoms with E-state index in [4.69, 9.17) is 4.74 Å². The molecule has 2 rings (SSSR count). The number of aliphatic hydroxyl groups is 1. The fourth-order valence-electron chi connectivity index (χ4n) is 2.85. The van der Waals surface area contributed by atoms with Gasteiger partial charge in [0.05, 0.1) is 6.10 Å². The second-order valence-electron chi connectivity index (χ2n) is 5.50. The smallest absolute Gasteiger partial charge is 0.125 e.